The van der Waals surface area contributed by atoms with Crippen molar-refractivity contribution < 1.29 is 0 Å². The molecule has 4 heteroatoms. The normalized spacial score (nSPS) is 11.5. The van der Waals surface area contributed by atoms with Crippen molar-refractivity contribution in [3.8, 4) is 23.3 Å². The van der Waals surface area contributed by atoms with Gasteiger partial charge in [-0.2, -0.15) is 10.5 Å². The van der Waals surface area contributed by atoms with Crippen molar-refractivity contribution in [2.24, 2.45) is 0 Å². The van der Waals surface area contributed by atoms with E-state index in [1.165, 1.54) is 33.0 Å². The minimum atomic E-state index is 0.589. The molecule has 0 amide bonds. The summed E-state index contributed by atoms with van der Waals surface area (Å²) in [6.45, 7) is 10.7. The van der Waals surface area contributed by atoms with Gasteiger partial charge < -0.3 is 9.80 Å². The molecule has 0 bridgehead atoms. The Bertz CT molecular complexity index is 3900. The van der Waals surface area contributed by atoms with Crippen LogP contribution in [0.15, 0.2) is 238 Å². The molecule has 11 aromatic carbocycles. The molecule has 0 saturated carbocycles. The fourth-order valence-electron chi connectivity index (χ4n) is 10.2. The van der Waals surface area contributed by atoms with Crippen LogP contribution in [0.4, 0.5) is 34.1 Å². The van der Waals surface area contributed by atoms with E-state index in [1.54, 1.807) is 12.2 Å². The van der Waals surface area contributed by atoms with Crippen molar-refractivity contribution >= 4 is 88.9 Å². The number of hydrogen-bond donors (Lipinski definition) is 0. The highest BCUT2D eigenvalue weighted by molar-refractivity contribution is 6.28. The van der Waals surface area contributed by atoms with E-state index >= 15 is 0 Å². The summed E-state index contributed by atoms with van der Waals surface area (Å²) in [5, 5.41) is 30.1. The van der Waals surface area contributed by atoms with Crippen LogP contribution in [0.25, 0.3) is 65.9 Å². The van der Waals surface area contributed by atoms with Crippen molar-refractivity contribution in [2.75, 3.05) is 9.80 Å². The molecular formula is C68H52N4. The summed E-state index contributed by atoms with van der Waals surface area (Å²) in [6, 6.07) is 79.6. The van der Waals surface area contributed by atoms with Crippen molar-refractivity contribution in [3.05, 3.63) is 265 Å². The number of rotatable bonds is 9. The second kappa shape index (κ2) is 20.6. The highest BCUT2D eigenvalue weighted by Crippen LogP contribution is 2.48. The number of allylic oxidation sites excluding steroid dienone is 3. The van der Waals surface area contributed by atoms with E-state index in [1.807, 2.05) is 62.4 Å². The van der Waals surface area contributed by atoms with Crippen LogP contribution in [0.1, 0.15) is 48.1 Å². The van der Waals surface area contributed by atoms with Gasteiger partial charge in [-0.25, -0.2) is 0 Å². The summed E-state index contributed by atoms with van der Waals surface area (Å²) in [5.41, 5.74) is 14.2. The van der Waals surface area contributed by atoms with Crippen molar-refractivity contribution in [2.45, 2.75) is 26.7 Å². The highest BCUT2D eigenvalue weighted by Gasteiger charge is 2.24. The smallest absolute Gasteiger partial charge is 0.101 e. The number of nitriles is 2. The Balaban J connectivity index is 0.000000949. The van der Waals surface area contributed by atoms with Gasteiger partial charge in [-0.05, 0) is 145 Å². The van der Waals surface area contributed by atoms with E-state index < -0.39 is 0 Å². The van der Waals surface area contributed by atoms with Crippen LogP contribution in [0.5, 0.6) is 0 Å². The highest BCUT2D eigenvalue weighted by atomic mass is 15.2. The third-order valence-corrected chi connectivity index (χ3v) is 13.6. The lowest BCUT2D eigenvalue weighted by Gasteiger charge is -2.30. The van der Waals surface area contributed by atoms with E-state index in [0.717, 1.165) is 90.4 Å². The number of nitrogens with zero attached hydrogens (tertiary/aromatic N) is 4. The molecular weight excluding hydrogens is 873 g/mol. The van der Waals surface area contributed by atoms with Gasteiger partial charge in [-0.1, -0.05) is 191 Å². The molecule has 0 atom stereocenters. The zero-order chi connectivity index (χ0) is 49.6. The Morgan fingerprint density at radius 3 is 1.43 bits per heavy atom. The third kappa shape index (κ3) is 8.64. The largest absolute Gasteiger partial charge is 0.309 e. The SMILES string of the molecule is C=CC=C.CC.N#Cc1ccccc1N(c1ccc(C2=Cc3ccccc3CC2)cc1)c1ccc2ccc3c(N(c4ccc(-c5ccc6ccccc6c5)cc4)c4ccccc4C#N)ccc4ccc1c2c43. The molecule has 0 fully saturated rings. The number of anilines is 6. The molecule has 4 nitrogen and oxygen atoms in total. The molecule has 0 radical (unpaired) electrons. The molecule has 11 aromatic rings. The first-order chi connectivity index (χ1) is 35.5. The summed E-state index contributed by atoms with van der Waals surface area (Å²) in [7, 11) is 0. The predicted octanol–water partition coefficient (Wildman–Crippen LogP) is 19.0. The second-order valence-corrected chi connectivity index (χ2v) is 17.5. The van der Waals surface area contributed by atoms with Gasteiger partial charge >= 0.3 is 0 Å². The lowest BCUT2D eigenvalue weighted by atomic mass is 9.88. The molecule has 0 spiro atoms. The summed E-state index contributed by atoms with van der Waals surface area (Å²) in [5.74, 6) is 0. The van der Waals surface area contributed by atoms with E-state index in [4.69, 9.17) is 0 Å². The Morgan fingerprint density at radius 2 is 0.875 bits per heavy atom. The monoisotopic (exact) mass is 924 g/mol. The first-order valence-corrected chi connectivity index (χ1v) is 24.6. The Morgan fingerprint density at radius 1 is 0.417 bits per heavy atom. The van der Waals surface area contributed by atoms with Crippen molar-refractivity contribution in [1.29, 1.82) is 10.5 Å². The van der Waals surface area contributed by atoms with Gasteiger partial charge in [0.05, 0.1) is 33.9 Å². The minimum Gasteiger partial charge on any atom is -0.309 e. The van der Waals surface area contributed by atoms with Gasteiger partial charge in [0.25, 0.3) is 0 Å². The van der Waals surface area contributed by atoms with Crippen LogP contribution >= 0.6 is 0 Å². The molecule has 1 aliphatic carbocycles. The number of aryl methyl sites for hydroxylation is 1. The van der Waals surface area contributed by atoms with Crippen LogP contribution in [0, 0.1) is 22.7 Å². The number of benzene rings is 11. The first-order valence-electron chi connectivity index (χ1n) is 24.6. The van der Waals surface area contributed by atoms with Crippen molar-refractivity contribution in [3.63, 3.8) is 0 Å². The summed E-state index contributed by atoms with van der Waals surface area (Å²) in [6.07, 6.45) is 7.62. The predicted molar refractivity (Wildman–Crippen MR) is 306 cm³/mol. The van der Waals surface area contributed by atoms with Crippen molar-refractivity contribution in [1.82, 2.24) is 0 Å². The maximum atomic E-state index is 10.5. The molecule has 0 unspecified atom stereocenters. The Hall–Kier alpha value is -9.48. The Labute approximate surface area is 422 Å². The number of fused-ring (bicyclic) bond motifs is 2. The lowest BCUT2D eigenvalue weighted by Crippen LogP contribution is -2.13. The second-order valence-electron chi connectivity index (χ2n) is 17.5. The average Bonchev–Trinajstić information content (AvgIpc) is 3.46. The summed E-state index contributed by atoms with van der Waals surface area (Å²) < 4.78 is 0. The van der Waals surface area contributed by atoms with Crippen LogP contribution < -0.4 is 9.80 Å². The summed E-state index contributed by atoms with van der Waals surface area (Å²) in [4.78, 5) is 4.47. The van der Waals surface area contributed by atoms with E-state index in [9.17, 15) is 10.5 Å². The van der Waals surface area contributed by atoms with Gasteiger partial charge in [0, 0.05) is 22.1 Å². The van der Waals surface area contributed by atoms with Gasteiger partial charge in [0.2, 0.25) is 0 Å². The molecule has 72 heavy (non-hydrogen) atoms. The fourth-order valence-corrected chi connectivity index (χ4v) is 10.2. The molecule has 0 aromatic heterocycles. The maximum Gasteiger partial charge on any atom is 0.101 e. The van der Waals surface area contributed by atoms with Crippen LogP contribution in [0.2, 0.25) is 0 Å². The molecule has 0 saturated heterocycles. The summed E-state index contributed by atoms with van der Waals surface area (Å²) >= 11 is 0. The van der Waals surface area contributed by atoms with E-state index in [0.29, 0.717) is 11.1 Å². The van der Waals surface area contributed by atoms with Crippen LogP contribution in [0.3, 0.4) is 0 Å². The van der Waals surface area contributed by atoms with Gasteiger partial charge in [0.1, 0.15) is 12.1 Å². The number of hydrogen-bond acceptors (Lipinski definition) is 4. The molecule has 0 aliphatic heterocycles. The molecule has 12 rings (SSSR count). The van der Waals surface area contributed by atoms with E-state index in [2.05, 4.69) is 205 Å². The van der Waals surface area contributed by atoms with Crippen LogP contribution in [-0.2, 0) is 6.42 Å². The average molecular weight is 925 g/mol. The zero-order valence-corrected chi connectivity index (χ0v) is 40.6. The van der Waals surface area contributed by atoms with E-state index in [-0.39, 0.29) is 0 Å². The van der Waals surface area contributed by atoms with Gasteiger partial charge in [-0.3, -0.25) is 0 Å². The minimum absolute atomic E-state index is 0.589. The standard InChI is InChI=1S/C62H40N4.C4H6.C2H6/c63-39-51-13-5-7-15-57(51)65(53-29-21-43(22-30-53)49-19-17-41-9-1-3-11-47(41)37-49)59-35-27-45-26-34-56-60(36-28-46-25-33-55(59)61(45)62(46)56)66(58-16-8-6-14-52(58)40-64)54-31-23-44(24-32-54)50-20-18-42-10-2-4-12-48(42)38-50;1-3-4-2;1-2/h1-17,19,21-38H,18,20H2;3-4H,1-2H2;1-2H3. The molecule has 0 heterocycles. The number of para-hydroxylation sites is 2. The van der Waals surface area contributed by atoms with Gasteiger partial charge in [-0.15, -0.1) is 0 Å². The third-order valence-electron chi connectivity index (χ3n) is 13.6. The quantitative estimate of drug-likeness (QED) is 0.107. The molecule has 1 aliphatic rings. The molecule has 344 valence electrons. The lowest BCUT2D eigenvalue weighted by molar-refractivity contribution is 1.00. The first kappa shape index (κ1) is 46.3. The maximum absolute atomic E-state index is 10.5. The fraction of sp³-hybridized carbons (Fsp3) is 0.0588. The van der Waals surface area contributed by atoms with Crippen LogP contribution in [-0.4, -0.2) is 0 Å². The van der Waals surface area contributed by atoms with Gasteiger partial charge in [0.15, 0.2) is 0 Å². The zero-order valence-electron chi connectivity index (χ0n) is 40.6. The molecule has 0 N–H and O–H groups in total. The Kier molecular flexibility index (Phi) is 13.3. The topological polar surface area (TPSA) is 54.1 Å².